The molecule has 2 aromatic carbocycles. The second kappa shape index (κ2) is 8.01. The molecule has 26 heavy (non-hydrogen) atoms. The van der Waals surface area contributed by atoms with Gasteiger partial charge in [-0.05, 0) is 36.4 Å². The van der Waals surface area contributed by atoms with Crippen molar-refractivity contribution in [2.24, 2.45) is 0 Å². The Morgan fingerprint density at radius 1 is 1.12 bits per heavy atom. The van der Waals surface area contributed by atoms with Crippen LogP contribution in [0.25, 0.3) is 0 Å². The van der Waals surface area contributed by atoms with Crippen LogP contribution >= 0.6 is 11.6 Å². The Morgan fingerprint density at radius 2 is 1.85 bits per heavy atom. The molecule has 1 fully saturated rings. The molecule has 7 heteroatoms. The van der Waals surface area contributed by atoms with Crippen LogP contribution in [0.1, 0.15) is 15.9 Å². The predicted octanol–water partition coefficient (Wildman–Crippen LogP) is 3.58. The minimum atomic E-state index is -0.706. The first-order valence-corrected chi connectivity index (χ1v) is 8.65. The molecule has 3 rings (SSSR count). The van der Waals surface area contributed by atoms with Gasteiger partial charge < -0.3 is 9.64 Å². The molecule has 1 heterocycles. The van der Waals surface area contributed by atoms with Gasteiger partial charge >= 0.3 is 0 Å². The summed E-state index contributed by atoms with van der Waals surface area (Å²) < 4.78 is 32.5. The maximum Gasteiger partial charge on any atom is 0.257 e. The van der Waals surface area contributed by atoms with Crippen LogP contribution in [0, 0.1) is 11.6 Å². The largest absolute Gasteiger partial charge is 0.496 e. The summed E-state index contributed by atoms with van der Waals surface area (Å²) in [7, 11) is 1.61. The minimum Gasteiger partial charge on any atom is -0.496 e. The van der Waals surface area contributed by atoms with Crippen LogP contribution in [0.4, 0.5) is 8.78 Å². The van der Waals surface area contributed by atoms with Gasteiger partial charge in [-0.3, -0.25) is 9.69 Å². The average molecular weight is 381 g/mol. The zero-order valence-electron chi connectivity index (χ0n) is 14.3. The smallest absolute Gasteiger partial charge is 0.257 e. The molecule has 4 nitrogen and oxygen atoms in total. The van der Waals surface area contributed by atoms with Gasteiger partial charge in [0.05, 0.1) is 12.7 Å². The van der Waals surface area contributed by atoms with Crippen molar-refractivity contribution in [1.29, 1.82) is 0 Å². The summed E-state index contributed by atoms with van der Waals surface area (Å²) in [6, 6.07) is 8.38. The number of carbonyl (C=O) groups is 1. The molecule has 0 N–H and O–H groups in total. The molecule has 0 bridgehead atoms. The molecule has 0 aliphatic carbocycles. The minimum absolute atomic E-state index is 0.227. The molecule has 1 aliphatic rings. The lowest BCUT2D eigenvalue weighted by molar-refractivity contribution is 0.0622. The Labute approximate surface area is 155 Å². The van der Waals surface area contributed by atoms with Crippen molar-refractivity contribution in [3.05, 3.63) is 64.2 Å². The van der Waals surface area contributed by atoms with E-state index < -0.39 is 17.5 Å². The second-order valence-electron chi connectivity index (χ2n) is 6.15. The van der Waals surface area contributed by atoms with E-state index in [1.54, 1.807) is 18.1 Å². The fraction of sp³-hybridized carbons (Fsp3) is 0.316. The lowest BCUT2D eigenvalue weighted by atomic mass is 10.1. The molecular weight excluding hydrogens is 362 g/mol. The molecule has 0 aromatic heterocycles. The fourth-order valence-electron chi connectivity index (χ4n) is 3.05. The summed E-state index contributed by atoms with van der Waals surface area (Å²) in [5.41, 5.74) is 0.742. The summed E-state index contributed by atoms with van der Waals surface area (Å²) in [6.07, 6.45) is 0. The molecule has 0 saturated carbocycles. The number of rotatable bonds is 4. The van der Waals surface area contributed by atoms with Crippen LogP contribution in [0.5, 0.6) is 5.75 Å². The van der Waals surface area contributed by atoms with Crippen LogP contribution < -0.4 is 4.74 Å². The zero-order valence-corrected chi connectivity index (χ0v) is 15.1. The van der Waals surface area contributed by atoms with Gasteiger partial charge in [0.2, 0.25) is 0 Å². The van der Waals surface area contributed by atoms with E-state index in [9.17, 15) is 13.6 Å². The second-order valence-corrected chi connectivity index (χ2v) is 6.59. The van der Waals surface area contributed by atoms with Crippen molar-refractivity contribution >= 4 is 17.5 Å². The maximum atomic E-state index is 13.8. The first-order chi connectivity index (χ1) is 12.5. The van der Waals surface area contributed by atoms with Crippen molar-refractivity contribution in [1.82, 2.24) is 9.80 Å². The Kier molecular flexibility index (Phi) is 5.74. The SMILES string of the molecule is COc1ccc(Cl)cc1CN1CCN(C(=O)c2cc(F)ccc2F)CC1. The van der Waals surface area contributed by atoms with Crippen LogP contribution in [-0.4, -0.2) is 49.0 Å². The molecule has 1 saturated heterocycles. The Hall–Kier alpha value is -2.18. The molecule has 1 aliphatic heterocycles. The van der Waals surface area contributed by atoms with E-state index in [0.717, 1.165) is 29.5 Å². The standard InChI is InChI=1S/C19H19ClF2N2O2/c1-26-18-5-2-14(20)10-13(18)12-23-6-8-24(9-7-23)19(25)16-11-15(21)3-4-17(16)22/h2-5,10-11H,6-9,12H2,1H3. The van der Waals surface area contributed by atoms with Crippen molar-refractivity contribution in [2.45, 2.75) is 6.54 Å². The van der Waals surface area contributed by atoms with Gasteiger partial charge in [0, 0.05) is 43.3 Å². The van der Waals surface area contributed by atoms with E-state index >= 15 is 0 Å². The lowest BCUT2D eigenvalue weighted by Crippen LogP contribution is -2.48. The van der Waals surface area contributed by atoms with Gasteiger partial charge in [-0.25, -0.2) is 8.78 Å². The van der Waals surface area contributed by atoms with E-state index in [-0.39, 0.29) is 5.56 Å². The molecule has 0 atom stereocenters. The summed E-state index contributed by atoms with van der Waals surface area (Å²) >= 11 is 6.06. The van der Waals surface area contributed by atoms with Crippen molar-refractivity contribution in [3.8, 4) is 5.75 Å². The van der Waals surface area contributed by atoms with Crippen molar-refractivity contribution in [3.63, 3.8) is 0 Å². The Balaban J connectivity index is 1.63. The van der Waals surface area contributed by atoms with Crippen LogP contribution in [0.2, 0.25) is 5.02 Å². The highest BCUT2D eigenvalue weighted by Crippen LogP contribution is 2.24. The molecule has 2 aromatic rings. The summed E-state index contributed by atoms with van der Waals surface area (Å²) in [5.74, 6) is -1.05. The number of ether oxygens (including phenoxy) is 1. The number of methoxy groups -OCH3 is 1. The van der Waals surface area contributed by atoms with Crippen molar-refractivity contribution in [2.75, 3.05) is 33.3 Å². The van der Waals surface area contributed by atoms with E-state index in [1.165, 1.54) is 0 Å². The summed E-state index contributed by atoms with van der Waals surface area (Å²) in [6.45, 7) is 2.77. The quantitative estimate of drug-likeness (QED) is 0.812. The number of piperazine rings is 1. The fourth-order valence-corrected chi connectivity index (χ4v) is 3.25. The van der Waals surface area contributed by atoms with Gasteiger partial charge in [0.1, 0.15) is 17.4 Å². The number of carbonyl (C=O) groups excluding carboxylic acids is 1. The van der Waals surface area contributed by atoms with Gasteiger partial charge in [-0.15, -0.1) is 0 Å². The van der Waals surface area contributed by atoms with E-state index in [0.29, 0.717) is 37.7 Å². The first kappa shape index (κ1) is 18.6. The Bertz CT molecular complexity index is 808. The maximum absolute atomic E-state index is 13.8. The molecule has 138 valence electrons. The molecule has 0 unspecified atom stereocenters. The van der Waals surface area contributed by atoms with Gasteiger partial charge in [-0.1, -0.05) is 11.6 Å². The monoisotopic (exact) mass is 380 g/mol. The normalized spacial score (nSPS) is 15.2. The number of nitrogens with zero attached hydrogens (tertiary/aromatic N) is 2. The van der Waals surface area contributed by atoms with Crippen LogP contribution in [0.3, 0.4) is 0 Å². The number of benzene rings is 2. The van der Waals surface area contributed by atoms with E-state index in [4.69, 9.17) is 16.3 Å². The summed E-state index contributed by atoms with van der Waals surface area (Å²) in [4.78, 5) is 16.2. The van der Waals surface area contributed by atoms with Gasteiger partial charge in [0.25, 0.3) is 5.91 Å². The molecule has 1 amide bonds. The van der Waals surface area contributed by atoms with Crippen LogP contribution in [0.15, 0.2) is 36.4 Å². The highest BCUT2D eigenvalue weighted by Gasteiger charge is 2.25. The number of amides is 1. The number of hydrogen-bond donors (Lipinski definition) is 0. The highest BCUT2D eigenvalue weighted by atomic mass is 35.5. The molecule has 0 spiro atoms. The number of halogens is 3. The lowest BCUT2D eigenvalue weighted by Gasteiger charge is -2.35. The van der Waals surface area contributed by atoms with Gasteiger partial charge in [-0.2, -0.15) is 0 Å². The van der Waals surface area contributed by atoms with E-state index in [1.807, 2.05) is 12.1 Å². The summed E-state index contributed by atoms with van der Waals surface area (Å²) in [5, 5.41) is 0.635. The average Bonchev–Trinajstić information content (AvgIpc) is 2.64. The van der Waals surface area contributed by atoms with Gasteiger partial charge in [0.15, 0.2) is 0 Å². The Morgan fingerprint density at radius 3 is 2.54 bits per heavy atom. The van der Waals surface area contributed by atoms with Crippen molar-refractivity contribution < 1.29 is 18.3 Å². The number of hydrogen-bond acceptors (Lipinski definition) is 3. The van der Waals surface area contributed by atoms with E-state index in [2.05, 4.69) is 4.90 Å². The topological polar surface area (TPSA) is 32.8 Å². The molecule has 0 radical (unpaired) electrons. The van der Waals surface area contributed by atoms with Crippen LogP contribution in [-0.2, 0) is 6.54 Å². The zero-order chi connectivity index (χ0) is 18.7. The third kappa shape index (κ3) is 4.14. The highest BCUT2D eigenvalue weighted by molar-refractivity contribution is 6.30. The first-order valence-electron chi connectivity index (χ1n) is 8.27. The predicted molar refractivity (Wildman–Crippen MR) is 95.5 cm³/mol. The third-order valence-corrected chi connectivity index (χ3v) is 4.69. The third-order valence-electron chi connectivity index (χ3n) is 4.45. The molecular formula is C19H19ClF2N2O2.